The Kier molecular flexibility index (Phi) is 5.11. The number of benzene rings is 1. The van der Waals surface area contributed by atoms with Crippen LogP contribution in [0.5, 0.6) is 0 Å². The third-order valence-corrected chi connectivity index (χ3v) is 3.36. The van der Waals surface area contributed by atoms with E-state index >= 15 is 0 Å². The third-order valence-electron chi connectivity index (χ3n) is 3.36. The quantitative estimate of drug-likeness (QED) is 0.882. The molecule has 102 valence electrons. The Morgan fingerprint density at radius 2 is 1.89 bits per heavy atom. The van der Waals surface area contributed by atoms with Crippen molar-refractivity contribution in [2.24, 2.45) is 11.3 Å². The summed E-state index contributed by atoms with van der Waals surface area (Å²) in [5, 5.41) is 11.8. The molecule has 19 heavy (non-hydrogen) atoms. The van der Waals surface area contributed by atoms with Gasteiger partial charge in [-0.15, -0.1) is 0 Å². The SMILES string of the molecule is CC(C)C(CNC(=O)C(C)(C)C#N)c1ccccc1. The first kappa shape index (κ1) is 15.2. The number of nitrogens with zero attached hydrogens (tertiary/aromatic N) is 1. The Morgan fingerprint density at radius 1 is 1.32 bits per heavy atom. The van der Waals surface area contributed by atoms with Crippen molar-refractivity contribution in [3.63, 3.8) is 0 Å². The van der Waals surface area contributed by atoms with E-state index in [2.05, 4.69) is 31.3 Å². The molecule has 1 N–H and O–H groups in total. The standard InChI is InChI=1S/C16H22N2O/c1-12(2)14(13-8-6-5-7-9-13)10-18-15(19)16(3,4)11-17/h5-9,12,14H,10H2,1-4H3,(H,18,19). The number of nitriles is 1. The van der Waals surface area contributed by atoms with Crippen molar-refractivity contribution in [3.05, 3.63) is 35.9 Å². The molecule has 1 rings (SSSR count). The number of amides is 1. The normalized spacial score (nSPS) is 12.8. The first-order valence-corrected chi connectivity index (χ1v) is 6.63. The van der Waals surface area contributed by atoms with Crippen molar-refractivity contribution < 1.29 is 4.79 Å². The van der Waals surface area contributed by atoms with E-state index in [1.165, 1.54) is 5.56 Å². The minimum Gasteiger partial charge on any atom is -0.354 e. The molecule has 3 nitrogen and oxygen atoms in total. The van der Waals surface area contributed by atoms with Gasteiger partial charge in [-0.2, -0.15) is 5.26 Å². The number of rotatable bonds is 5. The van der Waals surface area contributed by atoms with E-state index < -0.39 is 5.41 Å². The second-order valence-electron chi connectivity index (χ2n) is 5.71. The predicted octanol–water partition coefficient (Wildman–Crippen LogP) is 3.09. The van der Waals surface area contributed by atoms with Crippen LogP contribution >= 0.6 is 0 Å². The smallest absolute Gasteiger partial charge is 0.239 e. The van der Waals surface area contributed by atoms with Gasteiger partial charge in [-0.05, 0) is 25.3 Å². The average Bonchev–Trinajstić information content (AvgIpc) is 2.39. The largest absolute Gasteiger partial charge is 0.354 e. The molecule has 0 spiro atoms. The molecule has 0 aliphatic rings. The first-order chi connectivity index (χ1) is 8.88. The van der Waals surface area contributed by atoms with Crippen LogP contribution < -0.4 is 5.32 Å². The molecular formula is C16H22N2O. The summed E-state index contributed by atoms with van der Waals surface area (Å²) < 4.78 is 0. The van der Waals surface area contributed by atoms with E-state index in [9.17, 15) is 4.79 Å². The number of carbonyl (C=O) groups is 1. The lowest BCUT2D eigenvalue weighted by atomic mass is 9.87. The lowest BCUT2D eigenvalue weighted by Crippen LogP contribution is -2.38. The average molecular weight is 258 g/mol. The lowest BCUT2D eigenvalue weighted by molar-refractivity contribution is -0.126. The minimum atomic E-state index is -0.974. The maximum absolute atomic E-state index is 11.9. The fourth-order valence-corrected chi connectivity index (χ4v) is 1.91. The maximum atomic E-state index is 11.9. The van der Waals surface area contributed by atoms with Crippen molar-refractivity contribution in [1.29, 1.82) is 5.26 Å². The van der Waals surface area contributed by atoms with Crippen LogP contribution in [0, 0.1) is 22.7 Å². The summed E-state index contributed by atoms with van der Waals surface area (Å²) in [5.74, 6) is 0.476. The molecule has 0 bridgehead atoms. The molecule has 0 aromatic heterocycles. The molecule has 0 saturated heterocycles. The highest BCUT2D eigenvalue weighted by molar-refractivity contribution is 5.84. The maximum Gasteiger partial charge on any atom is 0.239 e. The van der Waals surface area contributed by atoms with Gasteiger partial charge in [-0.3, -0.25) is 4.79 Å². The van der Waals surface area contributed by atoms with E-state index in [1.54, 1.807) is 13.8 Å². The molecule has 0 saturated carbocycles. The van der Waals surface area contributed by atoms with E-state index in [0.29, 0.717) is 12.5 Å². The van der Waals surface area contributed by atoms with Crippen LogP contribution in [0.4, 0.5) is 0 Å². The zero-order valence-corrected chi connectivity index (χ0v) is 12.1. The van der Waals surface area contributed by atoms with Gasteiger partial charge in [0.1, 0.15) is 5.41 Å². The summed E-state index contributed by atoms with van der Waals surface area (Å²) in [6, 6.07) is 12.2. The van der Waals surface area contributed by atoms with Crippen LogP contribution in [0.15, 0.2) is 30.3 Å². The fraction of sp³-hybridized carbons (Fsp3) is 0.500. The monoisotopic (exact) mass is 258 g/mol. The van der Waals surface area contributed by atoms with Crippen LogP contribution in [0.3, 0.4) is 0 Å². The molecule has 1 aromatic carbocycles. The Bertz CT molecular complexity index is 457. The molecule has 1 unspecified atom stereocenters. The van der Waals surface area contributed by atoms with Gasteiger partial charge in [-0.25, -0.2) is 0 Å². The van der Waals surface area contributed by atoms with Crippen LogP contribution in [0.2, 0.25) is 0 Å². The molecule has 0 radical (unpaired) electrons. The molecule has 0 heterocycles. The summed E-state index contributed by atoms with van der Waals surface area (Å²) in [5.41, 5.74) is 0.241. The first-order valence-electron chi connectivity index (χ1n) is 6.63. The summed E-state index contributed by atoms with van der Waals surface area (Å²) in [6.07, 6.45) is 0. The van der Waals surface area contributed by atoms with Gasteiger partial charge < -0.3 is 5.32 Å². The van der Waals surface area contributed by atoms with Gasteiger partial charge in [0.15, 0.2) is 0 Å². The zero-order chi connectivity index (χ0) is 14.5. The Hall–Kier alpha value is -1.82. The van der Waals surface area contributed by atoms with Crippen LogP contribution in [0.1, 0.15) is 39.2 Å². The summed E-state index contributed by atoms with van der Waals surface area (Å²) in [4.78, 5) is 11.9. The van der Waals surface area contributed by atoms with Crippen LogP contribution in [-0.2, 0) is 4.79 Å². The van der Waals surface area contributed by atoms with Gasteiger partial charge in [0.05, 0.1) is 6.07 Å². The number of hydrogen-bond donors (Lipinski definition) is 1. The minimum absolute atomic E-state index is 0.211. The lowest BCUT2D eigenvalue weighted by Gasteiger charge is -2.24. The second kappa shape index (κ2) is 6.38. The van der Waals surface area contributed by atoms with Crippen molar-refractivity contribution >= 4 is 5.91 Å². The van der Waals surface area contributed by atoms with Gasteiger partial charge in [-0.1, -0.05) is 44.2 Å². The molecular weight excluding hydrogens is 236 g/mol. The molecule has 1 aromatic rings. The fourth-order valence-electron chi connectivity index (χ4n) is 1.91. The molecule has 0 aliphatic heterocycles. The van der Waals surface area contributed by atoms with Gasteiger partial charge in [0.25, 0.3) is 0 Å². The van der Waals surface area contributed by atoms with Gasteiger partial charge in [0, 0.05) is 12.5 Å². The highest BCUT2D eigenvalue weighted by Gasteiger charge is 2.28. The van der Waals surface area contributed by atoms with Crippen molar-refractivity contribution in [2.45, 2.75) is 33.6 Å². The Labute approximate surface area is 115 Å². The zero-order valence-electron chi connectivity index (χ0n) is 12.1. The third kappa shape index (κ3) is 4.10. The Balaban J connectivity index is 2.73. The van der Waals surface area contributed by atoms with Gasteiger partial charge >= 0.3 is 0 Å². The molecule has 0 fully saturated rings. The Morgan fingerprint density at radius 3 is 2.37 bits per heavy atom. The highest BCUT2D eigenvalue weighted by Crippen LogP contribution is 2.24. The van der Waals surface area contributed by atoms with Crippen molar-refractivity contribution in [2.75, 3.05) is 6.54 Å². The van der Waals surface area contributed by atoms with Crippen molar-refractivity contribution in [1.82, 2.24) is 5.32 Å². The van der Waals surface area contributed by atoms with Crippen LogP contribution in [0.25, 0.3) is 0 Å². The predicted molar refractivity (Wildman–Crippen MR) is 76.4 cm³/mol. The number of hydrogen-bond acceptors (Lipinski definition) is 2. The highest BCUT2D eigenvalue weighted by atomic mass is 16.2. The van der Waals surface area contributed by atoms with E-state index in [0.717, 1.165) is 0 Å². The topological polar surface area (TPSA) is 52.9 Å². The summed E-state index contributed by atoms with van der Waals surface area (Å²) in [7, 11) is 0. The van der Waals surface area contributed by atoms with E-state index in [1.807, 2.05) is 24.3 Å². The van der Waals surface area contributed by atoms with Crippen LogP contribution in [-0.4, -0.2) is 12.5 Å². The molecule has 0 aliphatic carbocycles. The summed E-state index contributed by atoms with van der Waals surface area (Å²) >= 11 is 0. The number of carbonyl (C=O) groups excluding carboxylic acids is 1. The summed E-state index contributed by atoms with van der Waals surface area (Å²) in [6.45, 7) is 8.11. The molecule has 1 amide bonds. The van der Waals surface area contributed by atoms with E-state index in [4.69, 9.17) is 5.26 Å². The molecule has 3 heteroatoms. The van der Waals surface area contributed by atoms with Crippen molar-refractivity contribution in [3.8, 4) is 6.07 Å². The van der Waals surface area contributed by atoms with Gasteiger partial charge in [0.2, 0.25) is 5.91 Å². The number of nitrogens with one attached hydrogen (secondary N) is 1. The van der Waals surface area contributed by atoms with E-state index in [-0.39, 0.29) is 11.8 Å². The second-order valence-corrected chi connectivity index (χ2v) is 5.71. The molecule has 1 atom stereocenters.